The first-order chi connectivity index (χ1) is 10.5. The van der Waals surface area contributed by atoms with Crippen molar-refractivity contribution in [3.63, 3.8) is 0 Å². The summed E-state index contributed by atoms with van der Waals surface area (Å²) in [6.45, 7) is 8.26. The van der Waals surface area contributed by atoms with E-state index in [0.29, 0.717) is 18.0 Å². The molecule has 1 aliphatic carbocycles. The minimum absolute atomic E-state index is 0.436. The molecule has 122 valence electrons. The molecule has 0 bridgehead atoms. The summed E-state index contributed by atoms with van der Waals surface area (Å²) in [6, 6.07) is 5.45. The predicted molar refractivity (Wildman–Crippen MR) is 88.5 cm³/mol. The number of sulfonamides is 1. The Morgan fingerprint density at radius 3 is 2.50 bits per heavy atom. The molecule has 0 aromatic heterocycles. The molecular weight excluding hydrogens is 296 g/mol. The quantitative estimate of drug-likeness (QED) is 0.855. The maximum absolute atomic E-state index is 12.9. The zero-order valence-electron chi connectivity index (χ0n) is 13.6. The molecule has 5 heteroatoms. The highest BCUT2D eigenvalue weighted by atomic mass is 32.2. The van der Waals surface area contributed by atoms with Crippen molar-refractivity contribution >= 4 is 10.0 Å². The van der Waals surface area contributed by atoms with Gasteiger partial charge in [0.2, 0.25) is 10.0 Å². The summed E-state index contributed by atoms with van der Waals surface area (Å²) in [5.74, 6) is 0.864. The molecule has 0 atom stereocenters. The van der Waals surface area contributed by atoms with Gasteiger partial charge < -0.3 is 4.90 Å². The highest BCUT2D eigenvalue weighted by Gasteiger charge is 2.29. The third-order valence-corrected chi connectivity index (χ3v) is 6.77. The lowest BCUT2D eigenvalue weighted by atomic mass is 10.1. The standard InChI is InChI=1S/C17H26N2O2S/c1-14-4-7-17(12-15(14)2)22(20,21)19-9-3-8-18(10-11-19)13-16-5-6-16/h4,7,12,16H,3,5-6,8-11,13H2,1-2H3. The van der Waals surface area contributed by atoms with Crippen molar-refractivity contribution in [1.82, 2.24) is 9.21 Å². The van der Waals surface area contributed by atoms with E-state index in [-0.39, 0.29) is 0 Å². The minimum atomic E-state index is -3.35. The number of nitrogens with zero attached hydrogens (tertiary/aromatic N) is 2. The summed E-state index contributed by atoms with van der Waals surface area (Å²) in [5, 5.41) is 0. The molecule has 1 aromatic rings. The number of benzene rings is 1. The van der Waals surface area contributed by atoms with E-state index >= 15 is 0 Å². The molecule has 1 saturated heterocycles. The van der Waals surface area contributed by atoms with Gasteiger partial charge in [0, 0.05) is 26.2 Å². The van der Waals surface area contributed by atoms with Crippen LogP contribution in [0.15, 0.2) is 23.1 Å². The molecule has 0 unspecified atom stereocenters. The van der Waals surface area contributed by atoms with Crippen molar-refractivity contribution in [2.45, 2.75) is 38.0 Å². The molecular formula is C17H26N2O2S. The van der Waals surface area contributed by atoms with Crippen molar-refractivity contribution < 1.29 is 8.42 Å². The van der Waals surface area contributed by atoms with E-state index in [1.165, 1.54) is 12.8 Å². The largest absolute Gasteiger partial charge is 0.302 e. The molecule has 1 aromatic carbocycles. The fraction of sp³-hybridized carbons (Fsp3) is 0.647. The van der Waals surface area contributed by atoms with E-state index in [1.807, 2.05) is 19.9 Å². The van der Waals surface area contributed by atoms with Gasteiger partial charge in [0.1, 0.15) is 0 Å². The topological polar surface area (TPSA) is 40.6 Å². The molecule has 0 spiro atoms. The van der Waals surface area contributed by atoms with Gasteiger partial charge in [0.05, 0.1) is 4.90 Å². The van der Waals surface area contributed by atoms with Gasteiger partial charge in [-0.2, -0.15) is 4.31 Å². The molecule has 1 aliphatic heterocycles. The summed E-state index contributed by atoms with van der Waals surface area (Å²) < 4.78 is 27.4. The van der Waals surface area contributed by atoms with E-state index in [4.69, 9.17) is 0 Å². The first-order valence-corrected chi connectivity index (χ1v) is 9.70. The maximum atomic E-state index is 12.9. The van der Waals surface area contributed by atoms with Crippen LogP contribution in [0.3, 0.4) is 0 Å². The Kier molecular flexibility index (Phi) is 4.57. The normalized spacial score (nSPS) is 21.7. The SMILES string of the molecule is Cc1ccc(S(=O)(=O)N2CCCN(CC3CC3)CC2)cc1C. The molecule has 22 heavy (non-hydrogen) atoms. The molecule has 2 fully saturated rings. The van der Waals surface area contributed by atoms with Crippen LogP contribution in [-0.4, -0.2) is 50.3 Å². The van der Waals surface area contributed by atoms with Gasteiger partial charge in [-0.1, -0.05) is 6.07 Å². The van der Waals surface area contributed by atoms with E-state index < -0.39 is 10.0 Å². The number of hydrogen-bond acceptors (Lipinski definition) is 3. The molecule has 2 aliphatic rings. The van der Waals surface area contributed by atoms with Crippen LogP contribution in [0.2, 0.25) is 0 Å². The Labute approximate surface area is 134 Å². The molecule has 0 amide bonds. The molecule has 1 heterocycles. The predicted octanol–water partition coefficient (Wildman–Crippen LogP) is 2.41. The molecule has 3 rings (SSSR count). The zero-order chi connectivity index (χ0) is 15.7. The van der Waals surface area contributed by atoms with Gasteiger partial charge in [-0.05, 0) is 68.8 Å². The van der Waals surface area contributed by atoms with Crippen LogP contribution in [0.25, 0.3) is 0 Å². The van der Waals surface area contributed by atoms with Crippen LogP contribution in [0.4, 0.5) is 0 Å². The monoisotopic (exact) mass is 322 g/mol. The van der Waals surface area contributed by atoms with Gasteiger partial charge in [0.25, 0.3) is 0 Å². The third kappa shape index (κ3) is 3.53. The van der Waals surface area contributed by atoms with Crippen LogP contribution >= 0.6 is 0 Å². The summed E-state index contributed by atoms with van der Waals surface area (Å²) in [6.07, 6.45) is 3.62. The molecule has 4 nitrogen and oxygen atoms in total. The fourth-order valence-electron chi connectivity index (χ4n) is 3.06. The fourth-order valence-corrected chi connectivity index (χ4v) is 4.61. The molecule has 0 radical (unpaired) electrons. The Hall–Kier alpha value is -0.910. The lowest BCUT2D eigenvalue weighted by Gasteiger charge is -2.22. The maximum Gasteiger partial charge on any atom is 0.243 e. The first kappa shape index (κ1) is 16.0. The summed E-state index contributed by atoms with van der Waals surface area (Å²) in [5.41, 5.74) is 2.16. The summed E-state index contributed by atoms with van der Waals surface area (Å²) in [7, 11) is -3.35. The Morgan fingerprint density at radius 2 is 1.82 bits per heavy atom. The van der Waals surface area contributed by atoms with Crippen LogP contribution in [0, 0.1) is 19.8 Å². The van der Waals surface area contributed by atoms with Crippen molar-refractivity contribution in [1.29, 1.82) is 0 Å². The van der Waals surface area contributed by atoms with Gasteiger partial charge in [0.15, 0.2) is 0 Å². The highest BCUT2D eigenvalue weighted by molar-refractivity contribution is 7.89. The second kappa shape index (κ2) is 6.30. The number of hydrogen-bond donors (Lipinski definition) is 0. The van der Waals surface area contributed by atoms with Gasteiger partial charge in [-0.3, -0.25) is 0 Å². The summed E-state index contributed by atoms with van der Waals surface area (Å²) in [4.78, 5) is 2.87. The van der Waals surface area contributed by atoms with Crippen LogP contribution in [0.5, 0.6) is 0 Å². The minimum Gasteiger partial charge on any atom is -0.302 e. The van der Waals surface area contributed by atoms with E-state index in [9.17, 15) is 8.42 Å². The average Bonchev–Trinajstić information content (AvgIpc) is 3.29. The molecule has 0 N–H and O–H groups in total. The van der Waals surface area contributed by atoms with E-state index in [2.05, 4.69) is 4.90 Å². The Morgan fingerprint density at radius 1 is 1.05 bits per heavy atom. The highest BCUT2D eigenvalue weighted by Crippen LogP contribution is 2.30. The van der Waals surface area contributed by atoms with Crippen molar-refractivity contribution in [3.8, 4) is 0 Å². The zero-order valence-corrected chi connectivity index (χ0v) is 14.4. The average molecular weight is 322 g/mol. The van der Waals surface area contributed by atoms with Crippen LogP contribution < -0.4 is 0 Å². The smallest absolute Gasteiger partial charge is 0.243 e. The third-order valence-electron chi connectivity index (χ3n) is 4.88. The van der Waals surface area contributed by atoms with Crippen molar-refractivity contribution in [2.75, 3.05) is 32.7 Å². The summed E-state index contributed by atoms with van der Waals surface area (Å²) >= 11 is 0. The lowest BCUT2D eigenvalue weighted by molar-refractivity contribution is 0.275. The van der Waals surface area contributed by atoms with E-state index in [1.54, 1.807) is 16.4 Å². The van der Waals surface area contributed by atoms with E-state index in [0.717, 1.165) is 43.1 Å². The van der Waals surface area contributed by atoms with Crippen LogP contribution in [-0.2, 0) is 10.0 Å². The first-order valence-electron chi connectivity index (χ1n) is 8.26. The Bertz CT molecular complexity index is 638. The molecule has 1 saturated carbocycles. The van der Waals surface area contributed by atoms with Crippen molar-refractivity contribution in [2.24, 2.45) is 5.92 Å². The van der Waals surface area contributed by atoms with Gasteiger partial charge in [-0.15, -0.1) is 0 Å². The second-order valence-electron chi connectivity index (χ2n) is 6.75. The van der Waals surface area contributed by atoms with Crippen LogP contribution in [0.1, 0.15) is 30.4 Å². The number of aryl methyl sites for hydroxylation is 2. The lowest BCUT2D eigenvalue weighted by Crippen LogP contribution is -2.35. The number of rotatable bonds is 4. The van der Waals surface area contributed by atoms with Crippen molar-refractivity contribution in [3.05, 3.63) is 29.3 Å². The van der Waals surface area contributed by atoms with Gasteiger partial charge >= 0.3 is 0 Å². The second-order valence-corrected chi connectivity index (χ2v) is 8.69. The Balaban J connectivity index is 1.72. The van der Waals surface area contributed by atoms with Gasteiger partial charge in [-0.25, -0.2) is 8.42 Å².